The number of rotatable bonds is 7. The van der Waals surface area contributed by atoms with E-state index in [1.54, 1.807) is 0 Å². The summed E-state index contributed by atoms with van der Waals surface area (Å²) in [4.78, 5) is 2.31. The molecule has 1 rings (SSSR count). The lowest BCUT2D eigenvalue weighted by molar-refractivity contribution is 0.324. The Hall–Kier alpha value is -0.570. The van der Waals surface area contributed by atoms with Crippen LogP contribution in [0, 0.1) is 6.92 Å². The minimum Gasteiger partial charge on any atom is -0.315 e. The molecule has 0 spiro atoms. The Balaban J connectivity index is 2.36. The van der Waals surface area contributed by atoms with Crippen LogP contribution in [0.4, 0.5) is 0 Å². The van der Waals surface area contributed by atoms with E-state index in [0.29, 0.717) is 0 Å². The second-order valence-corrected chi connectivity index (χ2v) is 5.06. The van der Waals surface area contributed by atoms with Gasteiger partial charge in [-0.1, -0.05) is 24.6 Å². The van der Waals surface area contributed by atoms with Crippen molar-refractivity contribution in [2.75, 3.05) is 26.7 Å². The number of nitrogens with zero attached hydrogens (tertiary/aromatic N) is 1. The molecule has 0 aliphatic carbocycles. The third-order valence-electron chi connectivity index (χ3n) is 2.65. The summed E-state index contributed by atoms with van der Waals surface area (Å²) in [5, 5.41) is 4.24. The van der Waals surface area contributed by atoms with Crippen LogP contribution in [0.3, 0.4) is 0 Å². The number of benzene rings is 1. The first-order chi connectivity index (χ1) is 8.11. The normalized spacial score (nSPS) is 11.1. The highest BCUT2D eigenvalue weighted by Crippen LogP contribution is 2.15. The molecule has 0 radical (unpaired) electrons. The van der Waals surface area contributed by atoms with Crippen LogP contribution in [0.25, 0.3) is 0 Å². The van der Waals surface area contributed by atoms with Gasteiger partial charge in [-0.3, -0.25) is 0 Å². The lowest BCUT2D eigenvalue weighted by Gasteiger charge is -2.17. The molecule has 3 heteroatoms. The lowest BCUT2D eigenvalue weighted by Crippen LogP contribution is -2.29. The summed E-state index contributed by atoms with van der Waals surface area (Å²) in [7, 11) is 2.14. The van der Waals surface area contributed by atoms with Crippen LogP contribution in [0.2, 0.25) is 5.02 Å². The van der Waals surface area contributed by atoms with Crippen molar-refractivity contribution in [1.29, 1.82) is 0 Å². The average Bonchev–Trinajstić information content (AvgIpc) is 2.23. The quantitative estimate of drug-likeness (QED) is 0.753. The largest absolute Gasteiger partial charge is 0.315 e. The van der Waals surface area contributed by atoms with E-state index in [2.05, 4.69) is 37.2 Å². The fraction of sp³-hybridized carbons (Fsp3) is 0.571. The van der Waals surface area contributed by atoms with Crippen LogP contribution in [-0.4, -0.2) is 31.6 Å². The van der Waals surface area contributed by atoms with Crippen LogP contribution in [-0.2, 0) is 6.54 Å². The van der Waals surface area contributed by atoms with Crippen molar-refractivity contribution in [3.63, 3.8) is 0 Å². The van der Waals surface area contributed by atoms with E-state index in [1.807, 2.05) is 12.1 Å². The van der Waals surface area contributed by atoms with Crippen LogP contribution >= 0.6 is 11.6 Å². The summed E-state index contributed by atoms with van der Waals surface area (Å²) in [6.45, 7) is 8.43. The van der Waals surface area contributed by atoms with E-state index in [0.717, 1.165) is 31.2 Å². The van der Waals surface area contributed by atoms with Gasteiger partial charge in [0.15, 0.2) is 0 Å². The third-order valence-corrected chi connectivity index (χ3v) is 2.87. The van der Waals surface area contributed by atoms with E-state index >= 15 is 0 Å². The summed E-state index contributed by atoms with van der Waals surface area (Å²) >= 11 is 6.05. The number of likely N-dealkylation sites (N-methyl/N-ethyl adjacent to an activating group) is 1. The van der Waals surface area contributed by atoms with Gasteiger partial charge >= 0.3 is 0 Å². The lowest BCUT2D eigenvalue weighted by atomic mass is 10.1. The van der Waals surface area contributed by atoms with Gasteiger partial charge < -0.3 is 10.2 Å². The van der Waals surface area contributed by atoms with Crippen LogP contribution < -0.4 is 5.32 Å². The number of hydrogen-bond acceptors (Lipinski definition) is 2. The Morgan fingerprint density at radius 3 is 2.65 bits per heavy atom. The number of aryl methyl sites for hydroxylation is 1. The fourth-order valence-corrected chi connectivity index (χ4v) is 2.18. The second-order valence-electron chi connectivity index (χ2n) is 4.62. The maximum atomic E-state index is 6.05. The van der Waals surface area contributed by atoms with Gasteiger partial charge in [-0.15, -0.1) is 0 Å². The molecule has 1 aromatic carbocycles. The average molecular weight is 255 g/mol. The zero-order valence-electron chi connectivity index (χ0n) is 11.1. The molecule has 2 nitrogen and oxygen atoms in total. The Morgan fingerprint density at radius 2 is 2.00 bits per heavy atom. The van der Waals surface area contributed by atoms with Crippen molar-refractivity contribution in [2.45, 2.75) is 26.8 Å². The van der Waals surface area contributed by atoms with Crippen LogP contribution in [0.15, 0.2) is 18.2 Å². The molecule has 0 saturated carbocycles. The van der Waals surface area contributed by atoms with Gasteiger partial charge in [-0.2, -0.15) is 0 Å². The molecule has 0 aliphatic heterocycles. The fourth-order valence-electron chi connectivity index (χ4n) is 1.87. The molecule has 17 heavy (non-hydrogen) atoms. The summed E-state index contributed by atoms with van der Waals surface area (Å²) in [5.74, 6) is 0. The molecule has 0 heterocycles. The molecule has 0 amide bonds. The first-order valence-electron chi connectivity index (χ1n) is 6.27. The molecule has 1 N–H and O–H groups in total. The van der Waals surface area contributed by atoms with Gasteiger partial charge in [-0.25, -0.2) is 0 Å². The molecule has 0 aromatic heterocycles. The SMILES string of the molecule is CCCNCCN(C)Cc1cc(C)cc(Cl)c1. The topological polar surface area (TPSA) is 15.3 Å². The Bertz CT molecular complexity index is 319. The standard InChI is InChI=1S/C14H23ClN2/c1-4-5-16-6-7-17(3)11-13-8-12(2)9-14(15)10-13/h8-10,16H,4-7,11H2,1-3H3. The summed E-state index contributed by atoms with van der Waals surface area (Å²) in [6, 6.07) is 6.24. The maximum absolute atomic E-state index is 6.05. The Morgan fingerprint density at radius 1 is 1.24 bits per heavy atom. The van der Waals surface area contributed by atoms with Crippen molar-refractivity contribution in [1.82, 2.24) is 10.2 Å². The minimum absolute atomic E-state index is 0.831. The molecule has 0 bridgehead atoms. The van der Waals surface area contributed by atoms with E-state index in [1.165, 1.54) is 17.5 Å². The van der Waals surface area contributed by atoms with Crippen LogP contribution in [0.5, 0.6) is 0 Å². The van der Waals surface area contributed by atoms with Crippen molar-refractivity contribution < 1.29 is 0 Å². The molecule has 1 aromatic rings. The first kappa shape index (κ1) is 14.5. The zero-order valence-corrected chi connectivity index (χ0v) is 11.8. The summed E-state index contributed by atoms with van der Waals surface area (Å²) in [5.41, 5.74) is 2.51. The monoisotopic (exact) mass is 254 g/mol. The van der Waals surface area contributed by atoms with Crippen molar-refractivity contribution in [3.8, 4) is 0 Å². The van der Waals surface area contributed by atoms with Crippen molar-refractivity contribution in [2.24, 2.45) is 0 Å². The smallest absolute Gasteiger partial charge is 0.0411 e. The van der Waals surface area contributed by atoms with Gasteiger partial charge in [0.05, 0.1) is 0 Å². The van der Waals surface area contributed by atoms with E-state index in [4.69, 9.17) is 11.6 Å². The first-order valence-corrected chi connectivity index (χ1v) is 6.65. The molecule has 96 valence electrons. The summed E-state index contributed by atoms with van der Waals surface area (Å²) < 4.78 is 0. The maximum Gasteiger partial charge on any atom is 0.0411 e. The van der Waals surface area contributed by atoms with Gasteiger partial charge in [-0.05, 0) is 50.2 Å². The van der Waals surface area contributed by atoms with Gasteiger partial charge in [0.2, 0.25) is 0 Å². The van der Waals surface area contributed by atoms with Crippen LogP contribution in [0.1, 0.15) is 24.5 Å². The van der Waals surface area contributed by atoms with Gasteiger partial charge in [0.1, 0.15) is 0 Å². The van der Waals surface area contributed by atoms with E-state index in [-0.39, 0.29) is 0 Å². The second kappa shape index (κ2) is 7.70. The molecule has 0 unspecified atom stereocenters. The summed E-state index contributed by atoms with van der Waals surface area (Å²) in [6.07, 6.45) is 1.19. The number of halogens is 1. The van der Waals surface area contributed by atoms with Crippen molar-refractivity contribution in [3.05, 3.63) is 34.3 Å². The van der Waals surface area contributed by atoms with Gasteiger partial charge in [0, 0.05) is 24.7 Å². The molecular weight excluding hydrogens is 232 g/mol. The molecular formula is C14H23ClN2. The highest BCUT2D eigenvalue weighted by atomic mass is 35.5. The molecule has 0 fully saturated rings. The van der Waals surface area contributed by atoms with Gasteiger partial charge in [0.25, 0.3) is 0 Å². The minimum atomic E-state index is 0.831. The predicted octanol–water partition coefficient (Wildman–Crippen LogP) is 3.08. The van der Waals surface area contributed by atoms with Crippen molar-refractivity contribution >= 4 is 11.6 Å². The number of hydrogen-bond donors (Lipinski definition) is 1. The predicted molar refractivity (Wildman–Crippen MR) is 75.7 cm³/mol. The molecule has 0 saturated heterocycles. The Labute approximate surface area is 110 Å². The third kappa shape index (κ3) is 6.06. The highest BCUT2D eigenvalue weighted by molar-refractivity contribution is 6.30. The molecule has 0 aliphatic rings. The highest BCUT2D eigenvalue weighted by Gasteiger charge is 2.02. The van der Waals surface area contributed by atoms with E-state index in [9.17, 15) is 0 Å². The van der Waals surface area contributed by atoms with E-state index < -0.39 is 0 Å². The molecule has 0 atom stereocenters. The number of nitrogens with one attached hydrogen (secondary N) is 1. The Kier molecular flexibility index (Phi) is 6.56. The zero-order chi connectivity index (χ0) is 12.7.